The molecule has 3 heteroatoms. The number of guanidine groups is 1. The summed E-state index contributed by atoms with van der Waals surface area (Å²) >= 11 is 0. The first kappa shape index (κ1) is 8.77. The predicted octanol–water partition coefficient (Wildman–Crippen LogP) is 2.00. The van der Waals surface area contributed by atoms with Gasteiger partial charge in [-0.3, -0.25) is 0 Å². The summed E-state index contributed by atoms with van der Waals surface area (Å²) in [7, 11) is 2.11. The summed E-state index contributed by atoms with van der Waals surface area (Å²) in [4.78, 5) is 9.31. The van der Waals surface area contributed by atoms with Crippen LogP contribution in [0.25, 0.3) is 0 Å². The summed E-state index contributed by atoms with van der Waals surface area (Å²) in [6, 6.07) is 8.88. The predicted molar refractivity (Wildman–Crippen MR) is 61.3 cm³/mol. The summed E-state index contributed by atoms with van der Waals surface area (Å²) in [6.07, 6.45) is 0. The van der Waals surface area contributed by atoms with Crippen molar-refractivity contribution in [3.63, 3.8) is 0 Å². The highest BCUT2D eigenvalue weighted by molar-refractivity contribution is 5.87. The molecule has 0 aliphatic carbocycles. The molecule has 1 atom stereocenters. The summed E-state index contributed by atoms with van der Waals surface area (Å²) in [5.41, 5.74) is 2.47. The Morgan fingerprint density at radius 1 is 1.27 bits per heavy atom. The number of para-hydroxylation sites is 1. The molecule has 15 heavy (non-hydrogen) atoms. The maximum absolute atomic E-state index is 4.71. The van der Waals surface area contributed by atoms with Gasteiger partial charge in [0.2, 0.25) is 5.96 Å². The number of fused-ring (bicyclic) bond motifs is 2. The second kappa shape index (κ2) is 2.99. The second-order valence-corrected chi connectivity index (χ2v) is 4.26. The number of rotatable bonds is 0. The molecule has 1 aromatic rings. The number of hydrogen-bond acceptors (Lipinski definition) is 3. The van der Waals surface area contributed by atoms with Gasteiger partial charge < -0.3 is 9.80 Å². The minimum absolute atomic E-state index is 0.457. The van der Waals surface area contributed by atoms with Crippen molar-refractivity contribution in [2.24, 2.45) is 4.99 Å². The van der Waals surface area contributed by atoms with Crippen molar-refractivity contribution < 1.29 is 0 Å². The molecule has 1 fully saturated rings. The minimum atomic E-state index is 0.457. The zero-order valence-electron chi connectivity index (χ0n) is 9.14. The lowest BCUT2D eigenvalue weighted by Crippen LogP contribution is -2.35. The number of hydrogen-bond donors (Lipinski definition) is 0. The Hall–Kier alpha value is -1.51. The van der Waals surface area contributed by atoms with Crippen LogP contribution in [0.15, 0.2) is 29.3 Å². The van der Waals surface area contributed by atoms with Crippen LogP contribution in [-0.4, -0.2) is 35.9 Å². The molecule has 78 valence electrons. The molecule has 0 bridgehead atoms. The van der Waals surface area contributed by atoms with E-state index in [9.17, 15) is 0 Å². The molecule has 1 unspecified atom stereocenters. The van der Waals surface area contributed by atoms with Crippen LogP contribution in [0.1, 0.15) is 18.5 Å². The Bertz CT molecular complexity index is 425. The van der Waals surface area contributed by atoms with Gasteiger partial charge >= 0.3 is 0 Å². The van der Waals surface area contributed by atoms with Gasteiger partial charge in [0.25, 0.3) is 0 Å². The number of benzene rings is 1. The molecule has 2 aliphatic heterocycles. The van der Waals surface area contributed by atoms with Crippen LogP contribution in [0.5, 0.6) is 0 Å². The van der Waals surface area contributed by atoms with E-state index in [1.54, 1.807) is 0 Å². The fourth-order valence-electron chi connectivity index (χ4n) is 2.41. The van der Waals surface area contributed by atoms with Gasteiger partial charge in [0.05, 0.1) is 11.7 Å². The smallest absolute Gasteiger partial charge is 0.202 e. The fourth-order valence-corrected chi connectivity index (χ4v) is 2.41. The Morgan fingerprint density at radius 3 is 2.93 bits per heavy atom. The van der Waals surface area contributed by atoms with Gasteiger partial charge in [0.15, 0.2) is 0 Å². The van der Waals surface area contributed by atoms with Gasteiger partial charge in [-0.15, -0.1) is 0 Å². The molecule has 2 heterocycles. The number of likely N-dealkylation sites (N-methyl/N-ethyl adjacent to an activating group) is 1. The van der Waals surface area contributed by atoms with Gasteiger partial charge in [-0.1, -0.05) is 18.2 Å². The first-order valence-electron chi connectivity index (χ1n) is 5.43. The molecule has 2 aliphatic rings. The van der Waals surface area contributed by atoms with Gasteiger partial charge in [0, 0.05) is 25.7 Å². The van der Waals surface area contributed by atoms with Crippen molar-refractivity contribution in [1.29, 1.82) is 0 Å². The third-order valence-electron chi connectivity index (χ3n) is 3.35. The third-order valence-corrected chi connectivity index (χ3v) is 3.35. The molecule has 1 saturated heterocycles. The first-order chi connectivity index (χ1) is 7.27. The standard InChI is InChI=1S/C12H15N3/c1-9-10-5-3-4-6-11(10)13-12-14(2)7-8-15(9)12/h3-6,9H,7-8H2,1-2H3. The maximum Gasteiger partial charge on any atom is 0.202 e. The first-order valence-corrected chi connectivity index (χ1v) is 5.43. The molecule has 0 aromatic heterocycles. The monoisotopic (exact) mass is 201 g/mol. The van der Waals surface area contributed by atoms with Crippen LogP contribution >= 0.6 is 0 Å². The molecule has 1 aromatic carbocycles. The van der Waals surface area contributed by atoms with Crippen LogP contribution < -0.4 is 0 Å². The maximum atomic E-state index is 4.71. The molecule has 0 saturated carbocycles. The van der Waals surface area contributed by atoms with E-state index in [0.29, 0.717) is 6.04 Å². The van der Waals surface area contributed by atoms with Crippen LogP contribution in [0.3, 0.4) is 0 Å². The van der Waals surface area contributed by atoms with E-state index < -0.39 is 0 Å². The molecule has 0 N–H and O–H groups in total. The Kier molecular flexibility index (Phi) is 1.75. The summed E-state index contributed by atoms with van der Waals surface area (Å²) in [5.74, 6) is 1.13. The van der Waals surface area contributed by atoms with Crippen molar-refractivity contribution >= 4 is 11.6 Å². The van der Waals surface area contributed by atoms with Gasteiger partial charge in [-0.2, -0.15) is 0 Å². The average Bonchev–Trinajstić information content (AvgIpc) is 2.62. The van der Waals surface area contributed by atoms with Crippen molar-refractivity contribution in [3.8, 4) is 0 Å². The van der Waals surface area contributed by atoms with E-state index in [1.807, 2.05) is 0 Å². The van der Waals surface area contributed by atoms with E-state index in [1.165, 1.54) is 5.56 Å². The lowest BCUT2D eigenvalue weighted by Gasteiger charge is -2.32. The zero-order valence-corrected chi connectivity index (χ0v) is 9.14. The highest BCUT2D eigenvalue weighted by Crippen LogP contribution is 2.36. The highest BCUT2D eigenvalue weighted by Gasteiger charge is 2.32. The lowest BCUT2D eigenvalue weighted by molar-refractivity contribution is 0.364. The lowest BCUT2D eigenvalue weighted by atomic mass is 10.0. The molecule has 3 rings (SSSR count). The van der Waals surface area contributed by atoms with E-state index in [4.69, 9.17) is 4.99 Å². The number of aliphatic imine (C=N–C) groups is 1. The largest absolute Gasteiger partial charge is 0.344 e. The van der Waals surface area contributed by atoms with Crippen LogP contribution in [0, 0.1) is 0 Å². The normalized spacial score (nSPS) is 23.6. The summed E-state index contributed by atoms with van der Waals surface area (Å²) < 4.78 is 0. The van der Waals surface area contributed by atoms with Crippen LogP contribution in [-0.2, 0) is 0 Å². The summed E-state index contributed by atoms with van der Waals surface area (Å²) in [5, 5.41) is 0. The topological polar surface area (TPSA) is 18.8 Å². The van der Waals surface area contributed by atoms with Crippen LogP contribution in [0.4, 0.5) is 5.69 Å². The number of nitrogens with zero attached hydrogens (tertiary/aromatic N) is 3. The minimum Gasteiger partial charge on any atom is -0.344 e. The molecule has 3 nitrogen and oxygen atoms in total. The molecule has 0 radical (unpaired) electrons. The van der Waals surface area contributed by atoms with Crippen molar-refractivity contribution in [2.75, 3.05) is 20.1 Å². The van der Waals surface area contributed by atoms with E-state index >= 15 is 0 Å². The second-order valence-electron chi connectivity index (χ2n) is 4.26. The molecular weight excluding hydrogens is 186 g/mol. The van der Waals surface area contributed by atoms with Gasteiger partial charge in [-0.05, 0) is 13.0 Å². The Balaban J connectivity index is 2.14. The Morgan fingerprint density at radius 2 is 2.07 bits per heavy atom. The van der Waals surface area contributed by atoms with Crippen molar-refractivity contribution in [3.05, 3.63) is 29.8 Å². The average molecular weight is 201 g/mol. The summed E-state index contributed by atoms with van der Waals surface area (Å²) in [6.45, 7) is 4.43. The molecule has 0 spiro atoms. The zero-order chi connectivity index (χ0) is 10.4. The fraction of sp³-hybridized carbons (Fsp3) is 0.417. The van der Waals surface area contributed by atoms with Gasteiger partial charge in [0.1, 0.15) is 0 Å². The van der Waals surface area contributed by atoms with E-state index in [0.717, 1.165) is 24.7 Å². The molecular formula is C12H15N3. The molecule has 0 amide bonds. The van der Waals surface area contributed by atoms with Gasteiger partial charge in [-0.25, -0.2) is 4.99 Å². The van der Waals surface area contributed by atoms with E-state index in [-0.39, 0.29) is 0 Å². The van der Waals surface area contributed by atoms with E-state index in [2.05, 4.69) is 48.0 Å². The third kappa shape index (κ3) is 1.16. The van der Waals surface area contributed by atoms with Crippen molar-refractivity contribution in [1.82, 2.24) is 9.80 Å². The highest BCUT2D eigenvalue weighted by atomic mass is 15.4. The quantitative estimate of drug-likeness (QED) is 0.639. The van der Waals surface area contributed by atoms with Crippen LogP contribution in [0.2, 0.25) is 0 Å². The Labute approximate surface area is 90.0 Å². The SMILES string of the molecule is CC1c2ccccc2N=C2N(C)CCN21. The van der Waals surface area contributed by atoms with Crippen molar-refractivity contribution in [2.45, 2.75) is 13.0 Å².